The second-order valence-corrected chi connectivity index (χ2v) is 3.76. The molecule has 3 N–H and O–H groups in total. The van der Waals surface area contributed by atoms with Crippen molar-refractivity contribution in [3.63, 3.8) is 0 Å². The number of carbonyl (C=O) groups excluding carboxylic acids is 2. The topological polar surface area (TPSA) is 75.4 Å². The SMILES string of the molecule is CC(=O)N[C@@H]1CCN(C(=O)[C@H](C)N)C1. The summed E-state index contributed by atoms with van der Waals surface area (Å²) in [5.41, 5.74) is 5.48. The minimum absolute atomic E-state index is 0.0437. The first-order valence-corrected chi connectivity index (χ1v) is 4.82. The molecule has 0 unspecified atom stereocenters. The molecular formula is C9H17N3O2. The Hall–Kier alpha value is -1.10. The van der Waals surface area contributed by atoms with Gasteiger partial charge in [0, 0.05) is 26.1 Å². The highest BCUT2D eigenvalue weighted by Gasteiger charge is 2.27. The summed E-state index contributed by atoms with van der Waals surface area (Å²) in [7, 11) is 0. The lowest BCUT2D eigenvalue weighted by Gasteiger charge is -2.18. The number of likely N-dealkylation sites (tertiary alicyclic amines) is 1. The molecule has 1 aliphatic rings. The summed E-state index contributed by atoms with van der Waals surface area (Å²) in [6, 6.07) is -0.360. The smallest absolute Gasteiger partial charge is 0.239 e. The highest BCUT2D eigenvalue weighted by molar-refractivity contribution is 5.81. The molecule has 1 aliphatic heterocycles. The zero-order chi connectivity index (χ0) is 10.7. The average Bonchev–Trinajstić information content (AvgIpc) is 2.50. The van der Waals surface area contributed by atoms with Gasteiger partial charge in [0.15, 0.2) is 0 Å². The van der Waals surface area contributed by atoms with Crippen molar-refractivity contribution in [2.24, 2.45) is 5.73 Å². The molecule has 1 heterocycles. The molecule has 0 aromatic rings. The minimum Gasteiger partial charge on any atom is -0.352 e. The van der Waals surface area contributed by atoms with E-state index in [2.05, 4.69) is 5.32 Å². The van der Waals surface area contributed by atoms with Crippen molar-refractivity contribution in [1.82, 2.24) is 10.2 Å². The van der Waals surface area contributed by atoms with Gasteiger partial charge in [-0.25, -0.2) is 0 Å². The van der Waals surface area contributed by atoms with Gasteiger partial charge in [-0.3, -0.25) is 9.59 Å². The number of hydrogen-bond acceptors (Lipinski definition) is 3. The zero-order valence-corrected chi connectivity index (χ0v) is 8.62. The number of amides is 2. The normalized spacial score (nSPS) is 23.4. The molecule has 0 bridgehead atoms. The molecule has 0 aromatic carbocycles. The number of hydrogen-bond donors (Lipinski definition) is 2. The maximum Gasteiger partial charge on any atom is 0.239 e. The third kappa shape index (κ3) is 2.70. The Morgan fingerprint density at radius 2 is 2.21 bits per heavy atom. The lowest BCUT2D eigenvalue weighted by Crippen LogP contribution is -2.43. The summed E-state index contributed by atoms with van der Waals surface area (Å²) in [5.74, 6) is -0.0945. The number of nitrogens with two attached hydrogens (primary N) is 1. The van der Waals surface area contributed by atoms with Crippen LogP contribution in [0.5, 0.6) is 0 Å². The molecule has 0 saturated carbocycles. The van der Waals surface area contributed by atoms with Crippen LogP contribution < -0.4 is 11.1 Å². The van der Waals surface area contributed by atoms with Crippen molar-refractivity contribution in [2.75, 3.05) is 13.1 Å². The van der Waals surface area contributed by atoms with Gasteiger partial charge in [-0.15, -0.1) is 0 Å². The summed E-state index contributed by atoms with van der Waals surface area (Å²) in [6.45, 7) is 4.43. The second kappa shape index (κ2) is 4.41. The van der Waals surface area contributed by atoms with Crippen LogP contribution in [0.25, 0.3) is 0 Å². The summed E-state index contributed by atoms with van der Waals surface area (Å²) in [6.07, 6.45) is 0.818. The molecule has 1 fully saturated rings. The maximum absolute atomic E-state index is 11.5. The fourth-order valence-corrected chi connectivity index (χ4v) is 1.65. The van der Waals surface area contributed by atoms with Crippen LogP contribution in [0.1, 0.15) is 20.3 Å². The Morgan fingerprint density at radius 3 is 2.71 bits per heavy atom. The van der Waals surface area contributed by atoms with Crippen molar-refractivity contribution in [3.8, 4) is 0 Å². The highest BCUT2D eigenvalue weighted by Crippen LogP contribution is 2.09. The molecule has 0 spiro atoms. The predicted molar refractivity (Wildman–Crippen MR) is 52.5 cm³/mol. The van der Waals surface area contributed by atoms with E-state index in [4.69, 9.17) is 5.73 Å². The Bertz CT molecular complexity index is 240. The van der Waals surface area contributed by atoms with Crippen LogP contribution in [-0.4, -0.2) is 41.9 Å². The number of nitrogens with zero attached hydrogens (tertiary/aromatic N) is 1. The van der Waals surface area contributed by atoms with Crippen LogP contribution in [0, 0.1) is 0 Å². The first-order valence-electron chi connectivity index (χ1n) is 4.82. The van der Waals surface area contributed by atoms with Crippen molar-refractivity contribution in [1.29, 1.82) is 0 Å². The highest BCUT2D eigenvalue weighted by atomic mass is 16.2. The fourth-order valence-electron chi connectivity index (χ4n) is 1.65. The quantitative estimate of drug-likeness (QED) is 0.603. The van der Waals surface area contributed by atoms with Gasteiger partial charge in [-0.05, 0) is 13.3 Å². The minimum atomic E-state index is -0.453. The van der Waals surface area contributed by atoms with Gasteiger partial charge in [-0.1, -0.05) is 0 Å². The fraction of sp³-hybridized carbons (Fsp3) is 0.778. The van der Waals surface area contributed by atoms with Crippen LogP contribution in [0.15, 0.2) is 0 Å². The van der Waals surface area contributed by atoms with Crippen LogP contribution in [0.4, 0.5) is 0 Å². The van der Waals surface area contributed by atoms with E-state index >= 15 is 0 Å². The Labute approximate surface area is 83.6 Å². The van der Waals surface area contributed by atoms with E-state index in [0.717, 1.165) is 6.42 Å². The van der Waals surface area contributed by atoms with Crippen molar-refractivity contribution in [2.45, 2.75) is 32.4 Å². The van der Waals surface area contributed by atoms with E-state index < -0.39 is 6.04 Å². The molecule has 1 rings (SSSR count). The van der Waals surface area contributed by atoms with Gasteiger partial charge in [0.1, 0.15) is 0 Å². The van der Waals surface area contributed by atoms with E-state index in [0.29, 0.717) is 13.1 Å². The third-order valence-corrected chi connectivity index (χ3v) is 2.30. The molecule has 0 radical (unpaired) electrons. The third-order valence-electron chi connectivity index (χ3n) is 2.30. The van der Waals surface area contributed by atoms with Gasteiger partial charge in [0.2, 0.25) is 11.8 Å². The van der Waals surface area contributed by atoms with Crippen LogP contribution in [0.2, 0.25) is 0 Å². The van der Waals surface area contributed by atoms with Gasteiger partial charge in [0.05, 0.1) is 6.04 Å². The summed E-state index contributed by atoms with van der Waals surface area (Å²) < 4.78 is 0. The van der Waals surface area contributed by atoms with Gasteiger partial charge < -0.3 is 16.0 Å². The molecule has 2 amide bonds. The monoisotopic (exact) mass is 199 g/mol. The standard InChI is InChI=1S/C9H17N3O2/c1-6(10)9(14)12-4-3-8(5-12)11-7(2)13/h6,8H,3-5,10H2,1-2H3,(H,11,13)/t6-,8+/m0/s1. The summed E-state index contributed by atoms with van der Waals surface area (Å²) >= 11 is 0. The van der Waals surface area contributed by atoms with E-state index in [1.807, 2.05) is 0 Å². The molecule has 1 saturated heterocycles. The Morgan fingerprint density at radius 1 is 1.57 bits per heavy atom. The molecule has 5 nitrogen and oxygen atoms in total. The summed E-state index contributed by atoms with van der Waals surface area (Å²) in [5, 5.41) is 2.79. The van der Waals surface area contributed by atoms with Crippen molar-refractivity contribution in [3.05, 3.63) is 0 Å². The first-order chi connectivity index (χ1) is 6.50. The van der Waals surface area contributed by atoms with Gasteiger partial charge >= 0.3 is 0 Å². The Balaban J connectivity index is 2.41. The van der Waals surface area contributed by atoms with Gasteiger partial charge in [-0.2, -0.15) is 0 Å². The van der Waals surface area contributed by atoms with E-state index in [1.54, 1.807) is 11.8 Å². The number of nitrogens with one attached hydrogen (secondary N) is 1. The number of carbonyl (C=O) groups is 2. The van der Waals surface area contributed by atoms with Crippen LogP contribution >= 0.6 is 0 Å². The largest absolute Gasteiger partial charge is 0.352 e. The molecule has 80 valence electrons. The Kier molecular flexibility index (Phi) is 3.46. The molecule has 14 heavy (non-hydrogen) atoms. The molecule has 5 heteroatoms. The van der Waals surface area contributed by atoms with Crippen molar-refractivity contribution < 1.29 is 9.59 Å². The molecule has 2 atom stereocenters. The zero-order valence-electron chi connectivity index (χ0n) is 8.62. The van der Waals surface area contributed by atoms with E-state index in [9.17, 15) is 9.59 Å². The second-order valence-electron chi connectivity index (χ2n) is 3.76. The van der Waals surface area contributed by atoms with E-state index in [-0.39, 0.29) is 17.9 Å². The number of rotatable bonds is 2. The van der Waals surface area contributed by atoms with Crippen LogP contribution in [0.3, 0.4) is 0 Å². The van der Waals surface area contributed by atoms with E-state index in [1.165, 1.54) is 6.92 Å². The molecular weight excluding hydrogens is 182 g/mol. The molecule has 0 aliphatic carbocycles. The summed E-state index contributed by atoms with van der Waals surface area (Å²) in [4.78, 5) is 23.9. The predicted octanol–water partition coefficient (Wildman–Crippen LogP) is -0.929. The van der Waals surface area contributed by atoms with Crippen LogP contribution in [-0.2, 0) is 9.59 Å². The van der Waals surface area contributed by atoms with Gasteiger partial charge in [0.25, 0.3) is 0 Å². The first kappa shape index (κ1) is 11.0. The van der Waals surface area contributed by atoms with Crippen molar-refractivity contribution >= 4 is 11.8 Å². The lowest BCUT2D eigenvalue weighted by atomic mass is 10.2. The average molecular weight is 199 g/mol. The molecule has 0 aromatic heterocycles. The lowest BCUT2D eigenvalue weighted by molar-refractivity contribution is -0.131. The maximum atomic E-state index is 11.5.